The summed E-state index contributed by atoms with van der Waals surface area (Å²) in [4.78, 5) is 13.9. The van der Waals surface area contributed by atoms with Gasteiger partial charge in [0.05, 0.1) is 24.5 Å². The van der Waals surface area contributed by atoms with Crippen molar-refractivity contribution in [2.45, 2.75) is 25.1 Å². The van der Waals surface area contributed by atoms with Crippen molar-refractivity contribution in [1.82, 2.24) is 15.0 Å². The Bertz CT molecular complexity index is 673. The Kier molecular flexibility index (Phi) is 2.36. The lowest BCUT2D eigenvalue weighted by Crippen LogP contribution is -2.35. The van der Waals surface area contributed by atoms with Gasteiger partial charge in [0.1, 0.15) is 14.0 Å². The van der Waals surface area contributed by atoms with Crippen LogP contribution in [0.5, 0.6) is 0 Å². The minimum atomic E-state index is -0.261. The van der Waals surface area contributed by atoms with Crippen molar-refractivity contribution in [3.63, 3.8) is 0 Å². The molecular weight excluding hydrogens is 255 g/mol. The first-order valence-corrected chi connectivity index (χ1v) is 6.66. The molecule has 0 radical (unpaired) electrons. The number of cyclic esters (lactones) is 1. The number of nitrogens with zero attached hydrogens (tertiary/aromatic N) is 4. The summed E-state index contributed by atoms with van der Waals surface area (Å²) in [5.74, 6) is 0. The Balaban J connectivity index is 1.65. The number of aromatic nitrogens is 3. The molecule has 6 nitrogen and oxygen atoms in total. The van der Waals surface area contributed by atoms with E-state index in [1.165, 1.54) is 11.0 Å². The van der Waals surface area contributed by atoms with Crippen LogP contribution < -0.4 is 10.4 Å². The molecule has 1 unspecified atom stereocenters. The molecule has 0 spiro atoms. The van der Waals surface area contributed by atoms with Crippen LogP contribution in [0.1, 0.15) is 5.56 Å². The molecule has 3 heterocycles. The van der Waals surface area contributed by atoms with Crippen molar-refractivity contribution in [3.05, 3.63) is 36.2 Å². The predicted octanol–water partition coefficient (Wildman–Crippen LogP) is -0.513. The summed E-state index contributed by atoms with van der Waals surface area (Å²) in [7, 11) is 2.06. The third kappa shape index (κ3) is 1.62. The number of rotatable bonds is 2. The molecule has 0 bridgehead atoms. The van der Waals surface area contributed by atoms with Crippen LogP contribution in [-0.2, 0) is 17.7 Å². The molecule has 0 aliphatic carbocycles. The highest BCUT2D eigenvalue weighted by Gasteiger charge is 2.47. The van der Waals surface area contributed by atoms with Gasteiger partial charge >= 0.3 is 6.09 Å². The lowest BCUT2D eigenvalue weighted by molar-refractivity contribution is 0.117. The normalized spacial score (nSPS) is 23.6. The molecule has 2 aliphatic heterocycles. The van der Waals surface area contributed by atoms with E-state index in [1.807, 2.05) is 12.1 Å². The van der Waals surface area contributed by atoms with E-state index in [1.54, 1.807) is 22.0 Å². The summed E-state index contributed by atoms with van der Waals surface area (Å²) in [6, 6.07) is 6.24. The number of fused-ring (bicyclic) bond motifs is 3. The molecule has 2 atom stereocenters. The zero-order valence-electron chi connectivity index (χ0n) is 11.1. The number of hydrogen-bond donors (Lipinski definition) is 0. The number of amides is 1. The predicted molar refractivity (Wildman–Crippen MR) is 74.9 cm³/mol. The molecule has 0 N–H and O–H groups in total. The van der Waals surface area contributed by atoms with Crippen molar-refractivity contribution in [3.8, 4) is 0 Å². The van der Waals surface area contributed by atoms with Crippen LogP contribution in [0.4, 0.5) is 10.5 Å². The second-order valence-electron chi connectivity index (χ2n) is 5.32. The zero-order valence-corrected chi connectivity index (χ0v) is 11.1. The summed E-state index contributed by atoms with van der Waals surface area (Å²) in [6.07, 6.45) is 3.80. The molecule has 1 amide bonds. The number of hydrogen-bond acceptors (Lipinski definition) is 4. The van der Waals surface area contributed by atoms with Crippen LogP contribution in [0.15, 0.2) is 30.6 Å². The zero-order chi connectivity index (χ0) is 13.7. The second kappa shape index (κ2) is 4.09. The molecule has 1 fully saturated rings. The second-order valence-corrected chi connectivity index (χ2v) is 5.32. The van der Waals surface area contributed by atoms with Crippen LogP contribution in [-0.4, -0.2) is 41.1 Å². The molecule has 0 saturated carbocycles. The summed E-state index contributed by atoms with van der Waals surface area (Å²) >= 11 is 0. The van der Waals surface area contributed by atoms with E-state index in [9.17, 15) is 4.79 Å². The van der Waals surface area contributed by atoms with Crippen LogP contribution >= 0.6 is 0 Å². The molecule has 2 aromatic rings. The number of ether oxygens (including phenoxy) is 1. The van der Waals surface area contributed by atoms with E-state index in [4.69, 9.17) is 4.74 Å². The molecule has 7 heteroatoms. The van der Waals surface area contributed by atoms with Crippen LogP contribution in [0.25, 0.3) is 0 Å². The average molecular weight is 268 g/mol. The summed E-state index contributed by atoms with van der Waals surface area (Å²) in [5.41, 5.74) is 3.41. The van der Waals surface area contributed by atoms with Gasteiger partial charge in [-0.25, -0.2) is 9.48 Å². The Hall–Kier alpha value is -2.31. The van der Waals surface area contributed by atoms with Crippen molar-refractivity contribution in [2.24, 2.45) is 0 Å². The maximum Gasteiger partial charge on any atom is 0.415 e. The minimum absolute atomic E-state index is 0.0588. The van der Waals surface area contributed by atoms with E-state index in [2.05, 4.69) is 24.2 Å². The van der Waals surface area contributed by atoms with Gasteiger partial charge in [-0.1, -0.05) is 22.8 Å². The first-order valence-electron chi connectivity index (χ1n) is 6.66. The smallest absolute Gasteiger partial charge is 0.415 e. The van der Waals surface area contributed by atoms with Gasteiger partial charge in [-0.3, -0.25) is 4.90 Å². The van der Waals surface area contributed by atoms with E-state index in [0.29, 0.717) is 6.54 Å². The van der Waals surface area contributed by atoms with E-state index < -0.39 is 0 Å². The minimum Gasteiger partial charge on any atom is -0.442 e. The van der Waals surface area contributed by atoms with Crippen molar-refractivity contribution < 1.29 is 9.53 Å². The maximum atomic E-state index is 12.1. The molecular formula is C13H13BN4O2. The van der Waals surface area contributed by atoms with Gasteiger partial charge in [0.15, 0.2) is 0 Å². The highest BCUT2D eigenvalue weighted by atomic mass is 16.6. The van der Waals surface area contributed by atoms with Crippen LogP contribution in [0.2, 0.25) is 0 Å². The molecule has 20 heavy (non-hydrogen) atoms. The standard InChI is InChI=1S/C13H13BN4O2/c14-9-1-2-10-8(5-9)6-11-12(20-13(19)18(10)11)7-17-4-3-15-16-17/h1-5,11-12H,6-7,14H2/t11?,12-/m0/s1. The Morgan fingerprint density at radius 3 is 3.15 bits per heavy atom. The third-order valence-electron chi connectivity index (χ3n) is 3.97. The highest BCUT2D eigenvalue weighted by molar-refractivity contribution is 6.32. The highest BCUT2D eigenvalue weighted by Crippen LogP contribution is 2.38. The molecule has 2 aliphatic rings. The third-order valence-corrected chi connectivity index (χ3v) is 3.97. The number of anilines is 1. The van der Waals surface area contributed by atoms with Gasteiger partial charge in [-0.2, -0.15) is 0 Å². The summed E-state index contributed by atoms with van der Waals surface area (Å²) in [5, 5.41) is 7.72. The van der Waals surface area contributed by atoms with Crippen LogP contribution in [0, 0.1) is 0 Å². The topological polar surface area (TPSA) is 60.2 Å². The number of benzene rings is 1. The molecule has 1 aromatic carbocycles. The molecule has 1 saturated heterocycles. The van der Waals surface area contributed by atoms with Gasteiger partial charge in [-0.15, -0.1) is 5.10 Å². The van der Waals surface area contributed by atoms with Crippen molar-refractivity contribution >= 4 is 25.1 Å². The lowest BCUT2D eigenvalue weighted by Gasteiger charge is -2.16. The van der Waals surface area contributed by atoms with Crippen molar-refractivity contribution in [2.75, 3.05) is 4.90 Å². The summed E-state index contributed by atoms with van der Waals surface area (Å²) < 4.78 is 7.19. The molecule has 100 valence electrons. The molecule has 4 rings (SSSR count). The largest absolute Gasteiger partial charge is 0.442 e. The first kappa shape index (κ1) is 11.5. The fourth-order valence-electron chi connectivity index (χ4n) is 3.08. The van der Waals surface area contributed by atoms with Gasteiger partial charge < -0.3 is 4.74 Å². The quantitative estimate of drug-likeness (QED) is 0.688. The van der Waals surface area contributed by atoms with Crippen molar-refractivity contribution in [1.29, 1.82) is 0 Å². The SMILES string of the molecule is Bc1ccc2c(c1)CC1[C@H](Cn3ccnn3)OC(=O)N21. The Morgan fingerprint density at radius 2 is 2.35 bits per heavy atom. The van der Waals surface area contributed by atoms with E-state index in [-0.39, 0.29) is 18.2 Å². The summed E-state index contributed by atoms with van der Waals surface area (Å²) in [6.45, 7) is 0.542. The molecule has 1 aromatic heterocycles. The van der Waals surface area contributed by atoms with Gasteiger partial charge in [0.2, 0.25) is 0 Å². The lowest BCUT2D eigenvalue weighted by atomic mass is 9.93. The fourth-order valence-corrected chi connectivity index (χ4v) is 3.08. The number of carbonyl (C=O) groups is 1. The van der Waals surface area contributed by atoms with E-state index >= 15 is 0 Å². The van der Waals surface area contributed by atoms with Crippen LogP contribution in [0.3, 0.4) is 0 Å². The maximum absolute atomic E-state index is 12.1. The average Bonchev–Trinajstić information content (AvgIpc) is 3.08. The van der Waals surface area contributed by atoms with Gasteiger partial charge in [-0.05, 0) is 18.1 Å². The Morgan fingerprint density at radius 1 is 1.45 bits per heavy atom. The Labute approximate surface area is 116 Å². The van der Waals surface area contributed by atoms with Gasteiger partial charge in [0.25, 0.3) is 0 Å². The monoisotopic (exact) mass is 268 g/mol. The first-order chi connectivity index (χ1) is 9.72. The van der Waals surface area contributed by atoms with E-state index in [0.717, 1.165) is 12.1 Å². The van der Waals surface area contributed by atoms with Gasteiger partial charge in [0, 0.05) is 6.20 Å². The fraction of sp³-hybridized carbons (Fsp3) is 0.308. The number of carbonyl (C=O) groups excluding carboxylic acids is 1.